The van der Waals surface area contributed by atoms with Gasteiger partial charge in [-0.1, -0.05) is 42.2 Å². The topological polar surface area (TPSA) is 0 Å². The fourth-order valence-corrected chi connectivity index (χ4v) is 3.24. The number of rotatable bonds is 1. The van der Waals surface area contributed by atoms with Crippen molar-refractivity contribution in [3.8, 4) is 24.7 Å². The number of hydrogen-bond acceptors (Lipinski definition) is 0. The molecule has 1 aliphatic carbocycles. The molecule has 0 aromatic heterocycles. The van der Waals surface area contributed by atoms with Crippen LogP contribution < -0.4 is 5.19 Å². The second-order valence-corrected chi connectivity index (χ2v) is 5.47. The molecule has 0 aliphatic heterocycles. The molecule has 0 bridgehead atoms. The van der Waals surface area contributed by atoms with Crippen molar-refractivity contribution in [3.63, 3.8) is 0 Å². The highest BCUT2D eigenvalue weighted by molar-refractivity contribution is 6.69. The molecule has 0 fully saturated rings. The van der Waals surface area contributed by atoms with E-state index in [4.69, 9.17) is 12.8 Å². The van der Waals surface area contributed by atoms with Crippen LogP contribution in [-0.4, -0.2) is 14.3 Å². The molecule has 0 N–H and O–H groups in total. The van der Waals surface area contributed by atoms with E-state index >= 15 is 0 Å². The molecule has 0 nitrogen and oxygen atoms in total. The molecule has 0 heterocycles. The molecule has 17 heavy (non-hydrogen) atoms. The van der Waals surface area contributed by atoms with Gasteiger partial charge in [0.25, 0.3) is 0 Å². The van der Waals surface area contributed by atoms with Crippen molar-refractivity contribution in [2.75, 3.05) is 0 Å². The lowest BCUT2D eigenvalue weighted by Crippen LogP contribution is -2.19. The molecule has 0 spiro atoms. The average Bonchev–Trinajstić information content (AvgIpc) is 2.40. The second kappa shape index (κ2) is 5.30. The van der Waals surface area contributed by atoms with E-state index in [9.17, 15) is 0 Å². The Morgan fingerprint density at radius 1 is 1.00 bits per heavy atom. The summed E-state index contributed by atoms with van der Waals surface area (Å²) in [4.78, 5) is 0. The van der Waals surface area contributed by atoms with Crippen LogP contribution in [0.15, 0.2) is 53.6 Å². The van der Waals surface area contributed by atoms with Gasteiger partial charge in [-0.2, -0.15) is 0 Å². The van der Waals surface area contributed by atoms with E-state index in [1.807, 2.05) is 18.2 Å². The van der Waals surface area contributed by atoms with E-state index in [1.54, 1.807) is 0 Å². The molecule has 1 heteroatoms. The third kappa shape index (κ3) is 2.72. The predicted octanol–water partition coefficient (Wildman–Crippen LogP) is 1.44. The zero-order valence-electron chi connectivity index (χ0n) is 9.48. The first-order valence-electron chi connectivity index (χ1n) is 5.43. The van der Waals surface area contributed by atoms with Crippen LogP contribution in [0, 0.1) is 24.7 Å². The minimum Gasteiger partial charge on any atom is -0.115 e. The lowest BCUT2D eigenvalue weighted by molar-refractivity contribution is 1.38. The third-order valence-corrected chi connectivity index (χ3v) is 4.24. The maximum absolute atomic E-state index is 5.53. The molecule has 0 saturated heterocycles. The second-order valence-electron chi connectivity index (χ2n) is 3.82. The van der Waals surface area contributed by atoms with Gasteiger partial charge in [-0.25, -0.2) is 0 Å². The van der Waals surface area contributed by atoms with Crippen LogP contribution >= 0.6 is 0 Å². The Morgan fingerprint density at radius 2 is 1.76 bits per heavy atom. The van der Waals surface area contributed by atoms with Gasteiger partial charge in [0.2, 0.25) is 0 Å². The summed E-state index contributed by atoms with van der Waals surface area (Å²) in [5.41, 5.74) is 2.02. The van der Waals surface area contributed by atoms with E-state index in [1.165, 1.54) is 10.4 Å². The quantitative estimate of drug-likeness (QED) is 0.508. The van der Waals surface area contributed by atoms with E-state index in [0.717, 1.165) is 17.6 Å². The molecule has 80 valence electrons. The van der Waals surface area contributed by atoms with Gasteiger partial charge < -0.3 is 0 Å². The Bertz CT molecular complexity index is 587. The Balaban J connectivity index is 2.38. The van der Waals surface area contributed by atoms with Crippen LogP contribution in [0.4, 0.5) is 0 Å². The summed E-state index contributed by atoms with van der Waals surface area (Å²) in [5, 5.41) is 2.66. The van der Waals surface area contributed by atoms with Crippen molar-refractivity contribution >= 4 is 19.5 Å². The maximum atomic E-state index is 5.53. The summed E-state index contributed by atoms with van der Waals surface area (Å²) in [7, 11) is 0.0560. The summed E-state index contributed by atoms with van der Waals surface area (Å²) < 4.78 is 0. The number of benzene rings is 1. The number of hydrogen-bond donors (Lipinski definition) is 0. The summed E-state index contributed by atoms with van der Waals surface area (Å²) in [6, 6.07) is 10.4. The molecule has 1 aromatic rings. The van der Waals surface area contributed by atoms with Gasteiger partial charge in [0.1, 0.15) is 0 Å². The van der Waals surface area contributed by atoms with E-state index in [0.29, 0.717) is 0 Å². The van der Waals surface area contributed by atoms with E-state index < -0.39 is 0 Å². The molecule has 1 aliphatic rings. The Morgan fingerprint density at radius 3 is 2.41 bits per heavy atom. The minimum absolute atomic E-state index is 0.0560. The average molecular weight is 232 g/mol. The normalized spacial score (nSPS) is 16.7. The first-order valence-corrected chi connectivity index (χ1v) is 6.59. The van der Waals surface area contributed by atoms with Gasteiger partial charge in [0.05, 0.1) is 0 Å². The molecular weight excluding hydrogens is 220 g/mol. The van der Waals surface area contributed by atoms with Crippen molar-refractivity contribution in [2.24, 2.45) is 0 Å². The lowest BCUT2D eigenvalue weighted by atomic mass is 9.99. The zero-order chi connectivity index (χ0) is 12.1. The van der Waals surface area contributed by atoms with Gasteiger partial charge >= 0.3 is 0 Å². The third-order valence-electron chi connectivity index (χ3n) is 2.66. The summed E-state index contributed by atoms with van der Waals surface area (Å²) in [5.74, 6) is 5.46. The first-order chi connectivity index (χ1) is 8.33. The highest BCUT2D eigenvalue weighted by atomic mass is 28.2. The van der Waals surface area contributed by atoms with Crippen molar-refractivity contribution in [1.29, 1.82) is 0 Å². The Labute approximate surface area is 105 Å². The first kappa shape index (κ1) is 11.4. The van der Waals surface area contributed by atoms with Crippen LogP contribution in [-0.2, 0) is 0 Å². The molecule has 0 saturated carbocycles. The lowest BCUT2D eigenvalue weighted by Gasteiger charge is -2.11. The summed E-state index contributed by atoms with van der Waals surface area (Å²) >= 11 is 0. The zero-order valence-corrected chi connectivity index (χ0v) is 10.6. The van der Waals surface area contributed by atoms with Crippen molar-refractivity contribution < 1.29 is 0 Å². The number of allylic oxidation sites excluding steroid dienone is 4. The molecule has 0 radical (unpaired) electrons. The van der Waals surface area contributed by atoms with Gasteiger partial charge in [0, 0.05) is 26.7 Å². The van der Waals surface area contributed by atoms with Crippen molar-refractivity contribution in [3.05, 3.63) is 53.6 Å². The van der Waals surface area contributed by atoms with Gasteiger partial charge in [-0.3, -0.25) is 0 Å². The SMILES string of the molecule is C#CC1=CC=C(C#C)C(=[SiH]c2ccccc2)C1. The van der Waals surface area contributed by atoms with Gasteiger partial charge in [-0.05, 0) is 22.5 Å². The van der Waals surface area contributed by atoms with Crippen LogP contribution in [0.2, 0.25) is 0 Å². The van der Waals surface area contributed by atoms with Gasteiger partial charge in [0.15, 0.2) is 0 Å². The molecule has 2 rings (SSSR count). The molecule has 0 amide bonds. The molecule has 1 aromatic carbocycles. The molecule has 0 unspecified atom stereocenters. The van der Waals surface area contributed by atoms with E-state index in [2.05, 4.69) is 36.1 Å². The molecular formula is C16H12Si. The van der Waals surface area contributed by atoms with Crippen LogP contribution in [0.5, 0.6) is 0 Å². The van der Waals surface area contributed by atoms with E-state index in [-0.39, 0.29) is 9.13 Å². The fourth-order valence-electron chi connectivity index (χ4n) is 1.77. The van der Waals surface area contributed by atoms with Crippen LogP contribution in [0.25, 0.3) is 0 Å². The highest BCUT2D eigenvalue weighted by Gasteiger charge is 2.09. The Kier molecular flexibility index (Phi) is 3.55. The Hall–Kier alpha value is -2.09. The predicted molar refractivity (Wildman–Crippen MR) is 76.7 cm³/mol. The highest BCUT2D eigenvalue weighted by Crippen LogP contribution is 2.13. The monoisotopic (exact) mass is 232 g/mol. The van der Waals surface area contributed by atoms with Crippen LogP contribution in [0.3, 0.4) is 0 Å². The largest absolute Gasteiger partial charge is 0.115 e. The summed E-state index contributed by atoms with van der Waals surface area (Å²) in [6.07, 6.45) is 15.7. The maximum Gasteiger partial charge on any atom is 0.0353 e. The van der Waals surface area contributed by atoms with Crippen LogP contribution in [0.1, 0.15) is 6.42 Å². The fraction of sp³-hybridized carbons (Fsp3) is 0.0625. The van der Waals surface area contributed by atoms with Crippen molar-refractivity contribution in [1.82, 2.24) is 0 Å². The molecule has 0 atom stereocenters. The minimum atomic E-state index is 0.0560. The standard InChI is InChI=1S/C16H12Si/c1-3-13-10-11-14(4-2)16(12-13)17-15-8-6-5-7-9-15/h1-2,5-11,17H,12H2. The van der Waals surface area contributed by atoms with Crippen molar-refractivity contribution in [2.45, 2.75) is 6.42 Å². The van der Waals surface area contributed by atoms with Gasteiger partial charge in [-0.15, -0.1) is 12.8 Å². The summed E-state index contributed by atoms with van der Waals surface area (Å²) in [6.45, 7) is 0. The number of terminal acetylenes is 2. The smallest absolute Gasteiger partial charge is 0.0353 e.